The fraction of sp³-hybridized carbons (Fsp3) is 0.500. The van der Waals surface area contributed by atoms with Crippen molar-refractivity contribution in [3.8, 4) is 23.0 Å². The van der Waals surface area contributed by atoms with Gasteiger partial charge in [-0.3, -0.25) is 0 Å². The third-order valence-electron chi connectivity index (χ3n) is 5.51. The molecule has 2 aromatic carbocycles. The summed E-state index contributed by atoms with van der Waals surface area (Å²) in [6, 6.07) is 10.1. The maximum atomic E-state index is 10.7. The molecule has 1 heterocycles. The van der Waals surface area contributed by atoms with Crippen molar-refractivity contribution in [3.63, 3.8) is 0 Å². The van der Waals surface area contributed by atoms with Crippen molar-refractivity contribution in [2.45, 2.75) is 58.0 Å². The van der Waals surface area contributed by atoms with Crippen LogP contribution in [0, 0.1) is 0 Å². The molecule has 1 aliphatic heterocycles. The van der Waals surface area contributed by atoms with Gasteiger partial charge in [0.1, 0.15) is 5.75 Å². The Balaban J connectivity index is 1.71. The number of benzene rings is 2. The molecule has 2 unspecified atom stereocenters. The molecule has 0 spiro atoms. The minimum atomic E-state index is -0.392. The van der Waals surface area contributed by atoms with Crippen LogP contribution >= 0.6 is 0 Å². The first-order valence-electron chi connectivity index (χ1n) is 10.4. The summed E-state index contributed by atoms with van der Waals surface area (Å²) in [5.74, 6) is 3.18. The lowest BCUT2D eigenvalue weighted by molar-refractivity contribution is 0.147. The largest absolute Gasteiger partial charge is 0.497 e. The highest BCUT2D eigenvalue weighted by atomic mass is 16.7. The van der Waals surface area contributed by atoms with Crippen molar-refractivity contribution in [3.05, 3.63) is 47.0 Å². The minimum absolute atomic E-state index is 0.145. The maximum Gasteiger partial charge on any atom is 0.231 e. The molecule has 0 fully saturated rings. The van der Waals surface area contributed by atoms with Gasteiger partial charge in [0.25, 0.3) is 0 Å². The standard InChI is InChI=1S/C24H32O5/c1-5-6-18-14-21-23(29-15-28-21)24(27-4)22(18)16(2)13-19(25)10-7-17-8-11-20(26-3)12-9-17/h8-9,11-12,14,16,19,25H,5-7,10,13,15H2,1-4H3. The van der Waals surface area contributed by atoms with Gasteiger partial charge in [-0.1, -0.05) is 32.4 Å². The van der Waals surface area contributed by atoms with Gasteiger partial charge in [0.05, 0.1) is 20.3 Å². The van der Waals surface area contributed by atoms with E-state index in [9.17, 15) is 5.11 Å². The Bertz CT molecular complexity index is 800. The summed E-state index contributed by atoms with van der Waals surface area (Å²) in [5.41, 5.74) is 3.54. The van der Waals surface area contributed by atoms with Gasteiger partial charge in [-0.05, 0) is 60.9 Å². The van der Waals surface area contributed by atoms with Crippen LogP contribution in [-0.4, -0.2) is 32.2 Å². The number of methoxy groups -OCH3 is 2. The van der Waals surface area contributed by atoms with Crippen molar-refractivity contribution < 1.29 is 24.1 Å². The fourth-order valence-electron chi connectivity index (χ4n) is 4.07. The summed E-state index contributed by atoms with van der Waals surface area (Å²) >= 11 is 0. The van der Waals surface area contributed by atoms with Gasteiger partial charge in [0, 0.05) is 5.56 Å². The molecule has 5 heteroatoms. The first-order chi connectivity index (χ1) is 14.1. The SMILES string of the molecule is CCCc1cc2c(c(OC)c1C(C)CC(O)CCc1ccc(OC)cc1)OCO2. The van der Waals surface area contributed by atoms with Crippen LogP contribution < -0.4 is 18.9 Å². The summed E-state index contributed by atoms with van der Waals surface area (Å²) in [7, 11) is 3.33. The highest BCUT2D eigenvalue weighted by Gasteiger charge is 2.28. The number of hydrogen-bond acceptors (Lipinski definition) is 5. The molecule has 2 aromatic rings. The molecule has 1 N–H and O–H groups in total. The second-order valence-corrected chi connectivity index (χ2v) is 7.64. The molecule has 0 saturated carbocycles. The second-order valence-electron chi connectivity index (χ2n) is 7.64. The van der Waals surface area contributed by atoms with Crippen LogP contribution in [0.25, 0.3) is 0 Å². The highest BCUT2D eigenvalue weighted by molar-refractivity contribution is 5.61. The van der Waals surface area contributed by atoms with Gasteiger partial charge in [-0.2, -0.15) is 0 Å². The molecule has 0 saturated heterocycles. The van der Waals surface area contributed by atoms with Crippen LogP contribution in [0.15, 0.2) is 30.3 Å². The van der Waals surface area contributed by atoms with E-state index in [1.807, 2.05) is 12.1 Å². The molecule has 0 aromatic heterocycles. The molecule has 158 valence electrons. The number of aryl methyl sites for hydroxylation is 2. The summed E-state index contributed by atoms with van der Waals surface area (Å²) in [5, 5.41) is 10.7. The predicted octanol–water partition coefficient (Wildman–Crippen LogP) is 4.87. The second kappa shape index (κ2) is 9.88. The molecule has 0 radical (unpaired) electrons. The van der Waals surface area contributed by atoms with Crippen LogP contribution in [0.4, 0.5) is 0 Å². The lowest BCUT2D eigenvalue weighted by Crippen LogP contribution is -2.14. The first-order valence-corrected chi connectivity index (χ1v) is 10.4. The molecule has 3 rings (SSSR count). The van der Waals surface area contributed by atoms with Crippen LogP contribution in [0.3, 0.4) is 0 Å². The Kier molecular flexibility index (Phi) is 7.26. The van der Waals surface area contributed by atoms with E-state index < -0.39 is 6.10 Å². The van der Waals surface area contributed by atoms with E-state index >= 15 is 0 Å². The molecular weight excluding hydrogens is 368 g/mol. The van der Waals surface area contributed by atoms with Crippen molar-refractivity contribution in [1.29, 1.82) is 0 Å². The lowest BCUT2D eigenvalue weighted by Gasteiger charge is -2.23. The van der Waals surface area contributed by atoms with Crippen molar-refractivity contribution in [1.82, 2.24) is 0 Å². The van der Waals surface area contributed by atoms with Crippen molar-refractivity contribution in [2.24, 2.45) is 0 Å². The Morgan fingerprint density at radius 1 is 1.07 bits per heavy atom. The number of rotatable bonds is 10. The maximum absolute atomic E-state index is 10.7. The quantitative estimate of drug-likeness (QED) is 0.616. The fourth-order valence-corrected chi connectivity index (χ4v) is 4.07. The van der Waals surface area contributed by atoms with Crippen LogP contribution in [0.2, 0.25) is 0 Å². The molecule has 0 aliphatic carbocycles. The minimum Gasteiger partial charge on any atom is -0.497 e. The van der Waals surface area contributed by atoms with Gasteiger partial charge in [0.2, 0.25) is 12.5 Å². The molecule has 5 nitrogen and oxygen atoms in total. The predicted molar refractivity (Wildman–Crippen MR) is 113 cm³/mol. The number of ether oxygens (including phenoxy) is 4. The number of aliphatic hydroxyl groups excluding tert-OH is 1. The molecule has 0 bridgehead atoms. The normalized spacial score (nSPS) is 14.5. The molecule has 2 atom stereocenters. The number of fused-ring (bicyclic) bond motifs is 1. The Morgan fingerprint density at radius 2 is 1.83 bits per heavy atom. The van der Waals surface area contributed by atoms with E-state index in [2.05, 4.69) is 32.0 Å². The van der Waals surface area contributed by atoms with Crippen LogP contribution in [0.5, 0.6) is 23.0 Å². The summed E-state index contributed by atoms with van der Waals surface area (Å²) in [4.78, 5) is 0. The average Bonchev–Trinajstić information content (AvgIpc) is 3.20. The van der Waals surface area contributed by atoms with E-state index in [1.165, 1.54) is 11.1 Å². The molecule has 29 heavy (non-hydrogen) atoms. The third kappa shape index (κ3) is 4.96. The van der Waals surface area contributed by atoms with E-state index in [-0.39, 0.29) is 12.7 Å². The summed E-state index contributed by atoms with van der Waals surface area (Å²) in [6.45, 7) is 4.53. The zero-order valence-corrected chi connectivity index (χ0v) is 17.9. The average molecular weight is 401 g/mol. The summed E-state index contributed by atoms with van der Waals surface area (Å²) in [6.07, 6.45) is 3.79. The van der Waals surface area contributed by atoms with Crippen LogP contribution in [0.1, 0.15) is 55.7 Å². The van der Waals surface area contributed by atoms with Gasteiger partial charge in [0.15, 0.2) is 11.5 Å². The van der Waals surface area contributed by atoms with E-state index in [0.29, 0.717) is 18.6 Å². The van der Waals surface area contributed by atoms with Gasteiger partial charge >= 0.3 is 0 Å². The Hall–Kier alpha value is -2.40. The Morgan fingerprint density at radius 3 is 2.48 bits per heavy atom. The van der Waals surface area contributed by atoms with Gasteiger partial charge < -0.3 is 24.1 Å². The van der Waals surface area contributed by atoms with Gasteiger partial charge in [-0.25, -0.2) is 0 Å². The highest BCUT2D eigenvalue weighted by Crippen LogP contribution is 2.48. The third-order valence-corrected chi connectivity index (χ3v) is 5.51. The van der Waals surface area contributed by atoms with Crippen molar-refractivity contribution in [2.75, 3.05) is 21.0 Å². The van der Waals surface area contributed by atoms with E-state index in [0.717, 1.165) is 42.1 Å². The van der Waals surface area contributed by atoms with Crippen molar-refractivity contribution >= 4 is 0 Å². The smallest absolute Gasteiger partial charge is 0.231 e. The van der Waals surface area contributed by atoms with E-state index in [1.54, 1.807) is 14.2 Å². The topological polar surface area (TPSA) is 57.2 Å². The van der Waals surface area contributed by atoms with Crippen LogP contribution in [-0.2, 0) is 12.8 Å². The number of aliphatic hydroxyl groups is 1. The Labute approximate surface area is 173 Å². The summed E-state index contributed by atoms with van der Waals surface area (Å²) < 4.78 is 22.2. The van der Waals surface area contributed by atoms with Gasteiger partial charge in [-0.15, -0.1) is 0 Å². The molecular formula is C24H32O5. The zero-order chi connectivity index (χ0) is 20.8. The first kappa shape index (κ1) is 21.3. The monoisotopic (exact) mass is 400 g/mol. The number of hydrogen-bond donors (Lipinski definition) is 1. The molecule has 0 amide bonds. The van der Waals surface area contributed by atoms with E-state index in [4.69, 9.17) is 18.9 Å². The lowest BCUT2D eigenvalue weighted by atomic mass is 9.87. The molecule has 1 aliphatic rings. The zero-order valence-electron chi connectivity index (χ0n) is 17.9.